The van der Waals surface area contributed by atoms with Gasteiger partial charge in [-0.15, -0.1) is 0 Å². The minimum atomic E-state index is -3.53. The van der Waals surface area contributed by atoms with Gasteiger partial charge in [-0.05, 0) is 38.1 Å². The molecule has 1 saturated heterocycles. The van der Waals surface area contributed by atoms with Crippen LogP contribution in [0.1, 0.15) is 18.9 Å². The average molecular weight is 397 g/mol. The maximum atomic E-state index is 12.3. The van der Waals surface area contributed by atoms with Crippen molar-refractivity contribution >= 4 is 21.6 Å². The second-order valence-electron chi connectivity index (χ2n) is 7.04. The van der Waals surface area contributed by atoms with Crippen LogP contribution in [0.3, 0.4) is 0 Å². The molecule has 1 aliphatic rings. The van der Waals surface area contributed by atoms with Crippen molar-refractivity contribution in [3.63, 3.8) is 0 Å². The van der Waals surface area contributed by atoms with Crippen molar-refractivity contribution in [2.75, 3.05) is 62.9 Å². The van der Waals surface area contributed by atoms with Crippen LogP contribution in [0.5, 0.6) is 0 Å². The standard InChI is InChI=1S/C19H32N4O3S/c1-4-21-12-14-22(15-13-21)11-7-10-20-19(24)16-23(27(3,25)26)18-9-6-5-8-17(18)2/h5-6,8-9H,4,7,10-16H2,1-3H3,(H,20,24). The van der Waals surface area contributed by atoms with Crippen LogP contribution in [-0.4, -0.2) is 82.7 Å². The summed E-state index contributed by atoms with van der Waals surface area (Å²) < 4.78 is 25.5. The number of para-hydroxylation sites is 1. The Kier molecular flexibility index (Phi) is 8.07. The normalized spacial score (nSPS) is 16.3. The number of rotatable bonds is 9. The van der Waals surface area contributed by atoms with E-state index in [9.17, 15) is 13.2 Å². The lowest BCUT2D eigenvalue weighted by molar-refractivity contribution is -0.119. The first-order chi connectivity index (χ1) is 12.8. The topological polar surface area (TPSA) is 73.0 Å². The average Bonchev–Trinajstić information content (AvgIpc) is 2.63. The second kappa shape index (κ2) is 10.1. The molecule has 152 valence electrons. The van der Waals surface area contributed by atoms with Crippen molar-refractivity contribution in [2.24, 2.45) is 0 Å². The summed E-state index contributed by atoms with van der Waals surface area (Å²) in [6.07, 6.45) is 1.99. The van der Waals surface area contributed by atoms with Gasteiger partial charge in [-0.1, -0.05) is 25.1 Å². The molecule has 27 heavy (non-hydrogen) atoms. The molecule has 0 radical (unpaired) electrons. The lowest BCUT2D eigenvalue weighted by Crippen LogP contribution is -2.47. The van der Waals surface area contributed by atoms with Gasteiger partial charge in [0, 0.05) is 32.7 Å². The van der Waals surface area contributed by atoms with Gasteiger partial charge in [0.05, 0.1) is 11.9 Å². The molecule has 1 fully saturated rings. The molecule has 0 aliphatic carbocycles. The Balaban J connectivity index is 1.79. The number of hydrogen-bond donors (Lipinski definition) is 1. The molecular weight excluding hydrogens is 364 g/mol. The molecule has 0 unspecified atom stereocenters. The summed E-state index contributed by atoms with van der Waals surface area (Å²) in [4.78, 5) is 17.1. The van der Waals surface area contributed by atoms with E-state index in [0.29, 0.717) is 12.2 Å². The van der Waals surface area contributed by atoms with E-state index in [2.05, 4.69) is 22.0 Å². The smallest absolute Gasteiger partial charge is 0.240 e. The predicted molar refractivity (Wildman–Crippen MR) is 110 cm³/mol. The van der Waals surface area contributed by atoms with Crippen LogP contribution in [0.4, 0.5) is 5.69 Å². The maximum Gasteiger partial charge on any atom is 0.240 e. The maximum absolute atomic E-state index is 12.3. The summed E-state index contributed by atoms with van der Waals surface area (Å²) in [5.41, 5.74) is 1.37. The molecule has 1 heterocycles. The lowest BCUT2D eigenvalue weighted by Gasteiger charge is -2.34. The number of anilines is 1. The number of carbonyl (C=O) groups excluding carboxylic acids is 1. The number of benzene rings is 1. The molecule has 0 aromatic heterocycles. The summed E-state index contributed by atoms with van der Waals surface area (Å²) in [5.74, 6) is -0.278. The molecule has 8 heteroatoms. The Morgan fingerprint density at radius 3 is 2.37 bits per heavy atom. The van der Waals surface area contributed by atoms with Gasteiger partial charge in [-0.25, -0.2) is 8.42 Å². The van der Waals surface area contributed by atoms with Crippen LogP contribution in [0, 0.1) is 6.92 Å². The van der Waals surface area contributed by atoms with E-state index in [1.54, 1.807) is 12.1 Å². The van der Waals surface area contributed by atoms with Crippen LogP contribution < -0.4 is 9.62 Å². The van der Waals surface area contributed by atoms with Gasteiger partial charge in [0.1, 0.15) is 6.54 Å². The lowest BCUT2D eigenvalue weighted by atomic mass is 10.2. The molecule has 1 aromatic carbocycles. The van der Waals surface area contributed by atoms with E-state index in [-0.39, 0.29) is 12.5 Å². The third-order valence-corrected chi connectivity index (χ3v) is 6.08. The van der Waals surface area contributed by atoms with Crippen LogP contribution in [-0.2, 0) is 14.8 Å². The van der Waals surface area contributed by atoms with Gasteiger partial charge in [-0.3, -0.25) is 9.10 Å². The molecule has 1 aliphatic heterocycles. The third-order valence-electron chi connectivity index (χ3n) is 4.96. The van der Waals surface area contributed by atoms with Crippen molar-refractivity contribution in [2.45, 2.75) is 20.3 Å². The van der Waals surface area contributed by atoms with Crippen molar-refractivity contribution in [1.82, 2.24) is 15.1 Å². The number of aryl methyl sites for hydroxylation is 1. The quantitative estimate of drug-likeness (QED) is 0.628. The Hall–Kier alpha value is -1.64. The largest absolute Gasteiger partial charge is 0.354 e. The van der Waals surface area contributed by atoms with Crippen molar-refractivity contribution < 1.29 is 13.2 Å². The molecular formula is C19H32N4O3S. The van der Waals surface area contributed by atoms with E-state index in [1.165, 1.54) is 4.31 Å². The minimum absolute atomic E-state index is 0.196. The van der Waals surface area contributed by atoms with Crippen molar-refractivity contribution in [1.29, 1.82) is 0 Å². The molecule has 7 nitrogen and oxygen atoms in total. The highest BCUT2D eigenvalue weighted by atomic mass is 32.2. The minimum Gasteiger partial charge on any atom is -0.354 e. The first kappa shape index (κ1) is 21.7. The third kappa shape index (κ3) is 6.79. The highest BCUT2D eigenvalue weighted by molar-refractivity contribution is 7.92. The molecule has 1 aromatic rings. The van der Waals surface area contributed by atoms with Crippen LogP contribution in [0.2, 0.25) is 0 Å². The molecule has 0 saturated carbocycles. The van der Waals surface area contributed by atoms with E-state index in [0.717, 1.165) is 57.5 Å². The first-order valence-electron chi connectivity index (χ1n) is 9.56. The molecule has 2 rings (SSSR count). The molecule has 0 spiro atoms. The number of likely N-dealkylation sites (N-methyl/N-ethyl adjacent to an activating group) is 1. The summed E-state index contributed by atoms with van der Waals surface area (Å²) in [6.45, 7) is 10.8. The fourth-order valence-electron chi connectivity index (χ4n) is 3.27. The van der Waals surface area contributed by atoms with E-state index in [4.69, 9.17) is 0 Å². The SMILES string of the molecule is CCN1CCN(CCCNC(=O)CN(c2ccccc2C)S(C)(=O)=O)CC1. The Morgan fingerprint density at radius 1 is 1.15 bits per heavy atom. The first-order valence-corrected chi connectivity index (χ1v) is 11.4. The summed E-state index contributed by atoms with van der Waals surface area (Å²) in [5, 5.41) is 2.85. The summed E-state index contributed by atoms with van der Waals surface area (Å²) in [7, 11) is -3.53. The highest BCUT2D eigenvalue weighted by Gasteiger charge is 2.22. The number of amides is 1. The monoisotopic (exact) mass is 396 g/mol. The van der Waals surface area contributed by atoms with Crippen molar-refractivity contribution in [3.05, 3.63) is 29.8 Å². The van der Waals surface area contributed by atoms with E-state index >= 15 is 0 Å². The van der Waals surface area contributed by atoms with Crippen LogP contribution in [0.25, 0.3) is 0 Å². The number of piperazine rings is 1. The Morgan fingerprint density at radius 2 is 1.78 bits per heavy atom. The Labute approximate surface area is 163 Å². The summed E-state index contributed by atoms with van der Waals surface area (Å²) in [6, 6.07) is 7.18. The molecule has 0 bridgehead atoms. The van der Waals surface area contributed by atoms with Gasteiger partial charge in [-0.2, -0.15) is 0 Å². The number of sulfonamides is 1. The zero-order valence-electron chi connectivity index (χ0n) is 16.6. The van der Waals surface area contributed by atoms with Gasteiger partial charge in [0.2, 0.25) is 15.9 Å². The highest BCUT2D eigenvalue weighted by Crippen LogP contribution is 2.21. The zero-order chi connectivity index (χ0) is 19.9. The fraction of sp³-hybridized carbons (Fsp3) is 0.632. The number of nitrogens with zero attached hydrogens (tertiary/aromatic N) is 3. The summed E-state index contributed by atoms with van der Waals surface area (Å²) >= 11 is 0. The van der Waals surface area contributed by atoms with Gasteiger partial charge in [0.25, 0.3) is 0 Å². The number of carbonyl (C=O) groups is 1. The number of nitrogens with one attached hydrogen (secondary N) is 1. The van der Waals surface area contributed by atoms with E-state index < -0.39 is 10.0 Å². The van der Waals surface area contributed by atoms with Gasteiger partial charge < -0.3 is 15.1 Å². The number of hydrogen-bond acceptors (Lipinski definition) is 5. The second-order valence-corrected chi connectivity index (χ2v) is 8.94. The molecule has 0 atom stereocenters. The molecule has 1 N–H and O–H groups in total. The predicted octanol–water partition coefficient (Wildman–Crippen LogP) is 0.905. The van der Waals surface area contributed by atoms with Crippen LogP contribution >= 0.6 is 0 Å². The van der Waals surface area contributed by atoms with Gasteiger partial charge >= 0.3 is 0 Å². The zero-order valence-corrected chi connectivity index (χ0v) is 17.5. The molecule has 1 amide bonds. The Bertz CT molecular complexity index is 715. The fourth-order valence-corrected chi connectivity index (χ4v) is 4.18. The van der Waals surface area contributed by atoms with E-state index in [1.807, 2.05) is 19.1 Å². The van der Waals surface area contributed by atoms with Crippen LogP contribution in [0.15, 0.2) is 24.3 Å². The van der Waals surface area contributed by atoms with Crippen molar-refractivity contribution in [3.8, 4) is 0 Å². The van der Waals surface area contributed by atoms with Gasteiger partial charge in [0.15, 0.2) is 0 Å².